The zero-order chi connectivity index (χ0) is 15.6. The summed E-state index contributed by atoms with van der Waals surface area (Å²) in [4.78, 5) is 23.3. The van der Waals surface area contributed by atoms with Gasteiger partial charge in [0.25, 0.3) is 5.91 Å². The van der Waals surface area contributed by atoms with Crippen LogP contribution in [0.1, 0.15) is 20.7 Å². The lowest BCUT2D eigenvalue weighted by molar-refractivity contribution is 0.0695. The summed E-state index contributed by atoms with van der Waals surface area (Å²) < 4.78 is 2.07. The van der Waals surface area contributed by atoms with Crippen molar-refractivity contribution in [1.29, 1.82) is 0 Å². The van der Waals surface area contributed by atoms with Gasteiger partial charge in [-0.1, -0.05) is 15.9 Å². The van der Waals surface area contributed by atoms with Crippen LogP contribution in [-0.4, -0.2) is 17.0 Å². The Morgan fingerprint density at radius 3 is 2.43 bits per heavy atom. The molecule has 0 heterocycles. The highest BCUT2D eigenvalue weighted by Crippen LogP contribution is 2.23. The Hall–Kier alpha value is -0.930. The van der Waals surface area contributed by atoms with Gasteiger partial charge in [0, 0.05) is 18.2 Å². The molecule has 0 fully saturated rings. The highest BCUT2D eigenvalue weighted by Gasteiger charge is 2.13. The lowest BCUT2D eigenvalue weighted by Crippen LogP contribution is -2.14. The second kappa shape index (κ2) is 6.89. The maximum Gasteiger partial charge on any atom is 0.336 e. The third-order valence-corrected chi connectivity index (χ3v) is 4.75. The molecule has 4 nitrogen and oxygen atoms in total. The van der Waals surface area contributed by atoms with E-state index in [9.17, 15) is 9.59 Å². The first-order valence-electron chi connectivity index (χ1n) is 5.67. The number of hydrogen-bond donors (Lipinski definition) is 2. The Morgan fingerprint density at radius 1 is 1.05 bits per heavy atom. The number of rotatable bonds is 3. The number of amides is 1. The molecule has 21 heavy (non-hydrogen) atoms. The van der Waals surface area contributed by atoms with E-state index in [-0.39, 0.29) is 11.5 Å². The predicted octanol–water partition coefficient (Wildman–Crippen LogP) is 4.77. The van der Waals surface area contributed by atoms with Crippen LogP contribution in [0, 0.1) is 3.57 Å². The third-order valence-electron chi connectivity index (χ3n) is 2.63. The summed E-state index contributed by atoms with van der Waals surface area (Å²) in [6.45, 7) is 0. The number of carbonyl (C=O) groups is 2. The molecular weight excluding hydrogens is 517 g/mol. The maximum atomic E-state index is 12.3. The molecule has 0 aliphatic rings. The molecule has 0 saturated carbocycles. The van der Waals surface area contributed by atoms with Gasteiger partial charge in [-0.2, -0.15) is 0 Å². The smallest absolute Gasteiger partial charge is 0.336 e. The number of carboxylic acid groups (broad SMARTS) is 1. The van der Waals surface area contributed by atoms with Gasteiger partial charge in [-0.05, 0) is 74.9 Å². The zero-order valence-electron chi connectivity index (χ0n) is 10.4. The summed E-state index contributed by atoms with van der Waals surface area (Å²) in [6, 6.07) is 10.0. The normalized spacial score (nSPS) is 10.2. The van der Waals surface area contributed by atoms with Gasteiger partial charge in [0.15, 0.2) is 0 Å². The second-order valence-electron chi connectivity index (χ2n) is 4.08. The van der Waals surface area contributed by atoms with Crippen molar-refractivity contribution in [2.45, 2.75) is 0 Å². The van der Waals surface area contributed by atoms with Gasteiger partial charge >= 0.3 is 5.97 Å². The van der Waals surface area contributed by atoms with Gasteiger partial charge in [-0.3, -0.25) is 4.79 Å². The van der Waals surface area contributed by atoms with Crippen LogP contribution in [0.2, 0.25) is 0 Å². The number of hydrogen-bond acceptors (Lipinski definition) is 2. The largest absolute Gasteiger partial charge is 0.478 e. The van der Waals surface area contributed by atoms with E-state index in [4.69, 9.17) is 5.11 Å². The fraction of sp³-hybridized carbons (Fsp3) is 0. The third kappa shape index (κ3) is 4.04. The van der Waals surface area contributed by atoms with Crippen molar-refractivity contribution in [3.05, 3.63) is 60.0 Å². The molecule has 0 aliphatic heterocycles. The summed E-state index contributed by atoms with van der Waals surface area (Å²) in [5.74, 6) is -1.35. The Bertz CT molecular complexity index is 734. The van der Waals surface area contributed by atoms with Crippen molar-refractivity contribution >= 4 is 72.0 Å². The molecule has 2 N–H and O–H groups in total. The molecule has 0 saturated heterocycles. The lowest BCUT2D eigenvalue weighted by Gasteiger charge is -2.09. The molecule has 0 spiro atoms. The van der Waals surface area contributed by atoms with Crippen molar-refractivity contribution in [2.24, 2.45) is 0 Å². The summed E-state index contributed by atoms with van der Waals surface area (Å²) in [7, 11) is 0. The fourth-order valence-electron chi connectivity index (χ4n) is 1.64. The first-order valence-corrected chi connectivity index (χ1v) is 8.34. The lowest BCUT2D eigenvalue weighted by atomic mass is 10.1. The quantitative estimate of drug-likeness (QED) is 0.569. The average molecular weight is 525 g/mol. The summed E-state index contributed by atoms with van der Waals surface area (Å²) in [6.07, 6.45) is 0. The fourth-order valence-corrected chi connectivity index (χ4v) is 2.99. The number of carbonyl (C=O) groups excluding carboxylic acids is 1. The molecule has 2 rings (SSSR count). The SMILES string of the molecule is O=C(O)c1cc(NC(=O)c2cc(Br)ccc2I)ccc1Br. The van der Waals surface area contributed by atoms with E-state index in [1.54, 1.807) is 18.2 Å². The predicted molar refractivity (Wildman–Crippen MR) is 95.9 cm³/mol. The van der Waals surface area contributed by atoms with Crippen LogP contribution in [0.25, 0.3) is 0 Å². The molecule has 1 amide bonds. The number of anilines is 1. The van der Waals surface area contributed by atoms with Crippen molar-refractivity contribution < 1.29 is 14.7 Å². The highest BCUT2D eigenvalue weighted by molar-refractivity contribution is 14.1. The minimum absolute atomic E-state index is 0.0942. The standard InChI is InChI=1S/C14H8Br2INO3/c15-7-1-4-12(17)10(5-7)13(19)18-8-2-3-11(16)9(6-8)14(20)21/h1-6H,(H,18,19)(H,20,21). The van der Waals surface area contributed by atoms with Crippen molar-refractivity contribution in [3.8, 4) is 0 Å². The first kappa shape index (κ1) is 16.4. The van der Waals surface area contributed by atoms with Gasteiger partial charge in [-0.15, -0.1) is 0 Å². The average Bonchev–Trinajstić information content (AvgIpc) is 2.43. The Balaban J connectivity index is 2.29. The molecule has 0 radical (unpaired) electrons. The summed E-state index contributed by atoms with van der Waals surface area (Å²) in [5.41, 5.74) is 1.04. The molecule has 0 aromatic heterocycles. The van der Waals surface area contributed by atoms with Crippen LogP contribution in [-0.2, 0) is 0 Å². The first-order chi connectivity index (χ1) is 9.88. The highest BCUT2D eigenvalue weighted by atomic mass is 127. The van der Waals surface area contributed by atoms with Gasteiger partial charge in [-0.25, -0.2) is 4.79 Å². The van der Waals surface area contributed by atoms with Crippen LogP contribution >= 0.6 is 54.5 Å². The number of carboxylic acids is 1. The van der Waals surface area contributed by atoms with E-state index >= 15 is 0 Å². The van der Waals surface area contributed by atoms with E-state index in [2.05, 4.69) is 59.8 Å². The van der Waals surface area contributed by atoms with Crippen LogP contribution < -0.4 is 5.32 Å². The Kier molecular flexibility index (Phi) is 5.39. The van der Waals surface area contributed by atoms with Crippen molar-refractivity contribution in [1.82, 2.24) is 0 Å². The van der Waals surface area contributed by atoms with Crippen LogP contribution in [0.3, 0.4) is 0 Å². The number of halogens is 3. The minimum Gasteiger partial charge on any atom is -0.478 e. The van der Waals surface area contributed by atoms with Gasteiger partial charge in [0.1, 0.15) is 0 Å². The van der Waals surface area contributed by atoms with E-state index < -0.39 is 5.97 Å². The number of nitrogens with one attached hydrogen (secondary N) is 1. The molecule has 0 unspecified atom stereocenters. The Morgan fingerprint density at radius 2 is 1.76 bits per heavy atom. The Labute approximate surface area is 151 Å². The summed E-state index contributed by atoms with van der Waals surface area (Å²) in [5, 5.41) is 11.8. The number of aromatic carboxylic acids is 1. The molecule has 0 aliphatic carbocycles. The monoisotopic (exact) mass is 523 g/mol. The van der Waals surface area contributed by atoms with Crippen molar-refractivity contribution in [3.63, 3.8) is 0 Å². The maximum absolute atomic E-state index is 12.3. The van der Waals surface area contributed by atoms with Gasteiger partial charge < -0.3 is 10.4 Å². The zero-order valence-corrected chi connectivity index (χ0v) is 15.7. The molecular formula is C14H8Br2INO3. The van der Waals surface area contributed by atoms with E-state index in [1.165, 1.54) is 6.07 Å². The topological polar surface area (TPSA) is 66.4 Å². The molecule has 7 heteroatoms. The van der Waals surface area contributed by atoms with E-state index in [0.29, 0.717) is 15.7 Å². The van der Waals surface area contributed by atoms with Crippen LogP contribution in [0.5, 0.6) is 0 Å². The molecule has 0 bridgehead atoms. The van der Waals surface area contributed by atoms with E-state index in [0.717, 1.165) is 8.04 Å². The second-order valence-corrected chi connectivity index (χ2v) is 7.01. The van der Waals surface area contributed by atoms with Gasteiger partial charge in [0.2, 0.25) is 0 Å². The minimum atomic E-state index is -1.06. The molecule has 0 atom stereocenters. The summed E-state index contributed by atoms with van der Waals surface area (Å²) >= 11 is 8.56. The van der Waals surface area contributed by atoms with Crippen LogP contribution in [0.4, 0.5) is 5.69 Å². The molecule has 108 valence electrons. The van der Waals surface area contributed by atoms with Crippen LogP contribution in [0.15, 0.2) is 45.3 Å². The van der Waals surface area contributed by atoms with E-state index in [1.807, 2.05) is 12.1 Å². The van der Waals surface area contributed by atoms with Crippen molar-refractivity contribution in [2.75, 3.05) is 5.32 Å². The van der Waals surface area contributed by atoms with Gasteiger partial charge in [0.05, 0.1) is 11.1 Å². The molecule has 2 aromatic carbocycles. The number of benzene rings is 2. The molecule has 2 aromatic rings.